The van der Waals surface area contributed by atoms with E-state index in [0.29, 0.717) is 11.5 Å². The zero-order chi connectivity index (χ0) is 22.6. The van der Waals surface area contributed by atoms with Gasteiger partial charge in [-0.15, -0.1) is 0 Å². The molecule has 4 aromatic rings. The Balaban J connectivity index is 1.28. The number of fused-ring (bicyclic) bond motifs is 1. The Hall–Kier alpha value is -3.99. The third kappa shape index (κ3) is 4.77. The normalized spacial score (nSPS) is 14.9. The van der Waals surface area contributed by atoms with Gasteiger partial charge in [-0.05, 0) is 61.1 Å². The van der Waals surface area contributed by atoms with Crippen molar-refractivity contribution in [1.29, 1.82) is 0 Å². The number of aryl methyl sites for hydroxylation is 2. The first-order valence-corrected chi connectivity index (χ1v) is 11.3. The van der Waals surface area contributed by atoms with Crippen LogP contribution in [0.2, 0.25) is 0 Å². The number of amides is 1. The van der Waals surface area contributed by atoms with Gasteiger partial charge in [-0.3, -0.25) is 4.79 Å². The molecular formula is C28H26N4O. The van der Waals surface area contributed by atoms with E-state index >= 15 is 0 Å². The predicted molar refractivity (Wildman–Crippen MR) is 132 cm³/mol. The molecule has 0 spiro atoms. The smallest absolute Gasteiger partial charge is 0.251 e. The Morgan fingerprint density at radius 3 is 2.58 bits per heavy atom. The number of nitrogens with zero attached hydrogens (tertiary/aromatic N) is 2. The highest BCUT2D eigenvalue weighted by molar-refractivity contribution is 5.95. The number of nitrogens with one attached hydrogen (secondary N) is 2. The summed E-state index contributed by atoms with van der Waals surface area (Å²) in [5.74, 6) is 0.418. The number of anilines is 2. The van der Waals surface area contributed by atoms with Gasteiger partial charge in [0.25, 0.3) is 5.91 Å². The van der Waals surface area contributed by atoms with E-state index in [4.69, 9.17) is 0 Å². The number of carbonyl (C=O) groups is 1. The quantitative estimate of drug-likeness (QED) is 0.404. The molecule has 33 heavy (non-hydrogen) atoms. The summed E-state index contributed by atoms with van der Waals surface area (Å²) in [6.45, 7) is 2.07. The molecule has 0 aliphatic heterocycles. The molecule has 164 valence electrons. The SMILES string of the molecule is Cc1cccc(-c2cnc(Nc3cccc(C(=O)N[C@@H]4CCCc5ccccc54)c3)nc2)c1. The Bertz CT molecular complexity index is 1280. The van der Waals surface area contributed by atoms with E-state index in [2.05, 4.69) is 57.9 Å². The highest BCUT2D eigenvalue weighted by Crippen LogP contribution is 2.30. The highest BCUT2D eigenvalue weighted by atomic mass is 16.1. The van der Waals surface area contributed by atoms with Gasteiger partial charge in [0.2, 0.25) is 5.95 Å². The summed E-state index contributed by atoms with van der Waals surface area (Å²) >= 11 is 0. The average molecular weight is 435 g/mol. The standard InChI is InChI=1S/C28H26N4O/c1-19-7-4-10-21(15-19)23-17-29-28(30-18-23)31-24-12-5-11-22(16-24)27(33)32-26-14-6-9-20-8-2-3-13-25(20)26/h2-5,7-8,10-13,15-18,26H,6,9,14H2,1H3,(H,32,33)(H,29,30,31)/t26-/m1/s1. The van der Waals surface area contributed by atoms with Crippen LogP contribution in [0.15, 0.2) is 85.2 Å². The molecule has 1 heterocycles. The van der Waals surface area contributed by atoms with E-state index in [9.17, 15) is 4.79 Å². The third-order valence-corrected chi connectivity index (χ3v) is 6.06. The zero-order valence-corrected chi connectivity index (χ0v) is 18.6. The van der Waals surface area contributed by atoms with Crippen molar-refractivity contribution in [2.45, 2.75) is 32.2 Å². The van der Waals surface area contributed by atoms with Crippen molar-refractivity contribution in [1.82, 2.24) is 15.3 Å². The van der Waals surface area contributed by atoms with Crippen LogP contribution in [0.25, 0.3) is 11.1 Å². The molecule has 0 bridgehead atoms. The van der Waals surface area contributed by atoms with Crippen molar-refractivity contribution in [3.63, 3.8) is 0 Å². The number of benzene rings is 3. The van der Waals surface area contributed by atoms with Crippen LogP contribution in [-0.2, 0) is 6.42 Å². The maximum Gasteiger partial charge on any atom is 0.251 e. The summed E-state index contributed by atoms with van der Waals surface area (Å²) in [5.41, 5.74) is 7.19. The molecule has 2 N–H and O–H groups in total. The van der Waals surface area contributed by atoms with Crippen LogP contribution in [0.4, 0.5) is 11.6 Å². The van der Waals surface area contributed by atoms with Crippen molar-refractivity contribution < 1.29 is 4.79 Å². The van der Waals surface area contributed by atoms with Gasteiger partial charge < -0.3 is 10.6 Å². The fourth-order valence-corrected chi connectivity index (χ4v) is 4.38. The van der Waals surface area contributed by atoms with Gasteiger partial charge >= 0.3 is 0 Å². The molecule has 1 amide bonds. The molecule has 1 aliphatic rings. The van der Waals surface area contributed by atoms with Crippen LogP contribution in [0, 0.1) is 6.92 Å². The molecule has 1 atom stereocenters. The fourth-order valence-electron chi connectivity index (χ4n) is 4.38. The van der Waals surface area contributed by atoms with Gasteiger partial charge in [0, 0.05) is 29.2 Å². The lowest BCUT2D eigenvalue weighted by Gasteiger charge is -2.26. The van der Waals surface area contributed by atoms with E-state index in [1.165, 1.54) is 16.7 Å². The molecule has 0 radical (unpaired) electrons. The number of aromatic nitrogens is 2. The zero-order valence-electron chi connectivity index (χ0n) is 18.6. The maximum atomic E-state index is 13.0. The van der Waals surface area contributed by atoms with E-state index in [0.717, 1.165) is 36.1 Å². The maximum absolute atomic E-state index is 13.0. The second-order valence-corrected chi connectivity index (χ2v) is 8.49. The number of carbonyl (C=O) groups excluding carboxylic acids is 1. The molecule has 0 saturated heterocycles. The van der Waals surface area contributed by atoms with Crippen molar-refractivity contribution in [3.05, 3.63) is 107 Å². The van der Waals surface area contributed by atoms with Crippen LogP contribution in [0.1, 0.15) is 45.9 Å². The van der Waals surface area contributed by atoms with Crippen molar-refractivity contribution in [3.8, 4) is 11.1 Å². The minimum Gasteiger partial charge on any atom is -0.345 e. The summed E-state index contributed by atoms with van der Waals surface area (Å²) in [7, 11) is 0. The lowest BCUT2D eigenvalue weighted by atomic mass is 9.87. The molecule has 5 heteroatoms. The second-order valence-electron chi connectivity index (χ2n) is 8.49. The minimum atomic E-state index is -0.0731. The van der Waals surface area contributed by atoms with Crippen LogP contribution in [0.3, 0.4) is 0 Å². The number of hydrogen-bond acceptors (Lipinski definition) is 4. The Kier molecular flexibility index (Phi) is 5.85. The average Bonchev–Trinajstić information content (AvgIpc) is 2.85. The van der Waals surface area contributed by atoms with Crippen LogP contribution in [-0.4, -0.2) is 15.9 Å². The topological polar surface area (TPSA) is 66.9 Å². The Morgan fingerprint density at radius 2 is 1.73 bits per heavy atom. The van der Waals surface area contributed by atoms with Gasteiger partial charge in [0.15, 0.2) is 0 Å². The van der Waals surface area contributed by atoms with Crippen LogP contribution >= 0.6 is 0 Å². The highest BCUT2D eigenvalue weighted by Gasteiger charge is 2.22. The predicted octanol–water partition coefficient (Wildman–Crippen LogP) is 6.00. The van der Waals surface area contributed by atoms with Gasteiger partial charge in [-0.2, -0.15) is 0 Å². The summed E-state index contributed by atoms with van der Waals surface area (Å²) in [6.07, 6.45) is 6.73. The van der Waals surface area contributed by atoms with Crippen molar-refractivity contribution >= 4 is 17.5 Å². The molecule has 1 aliphatic carbocycles. The Morgan fingerprint density at radius 1 is 0.909 bits per heavy atom. The van der Waals surface area contributed by atoms with E-state index < -0.39 is 0 Å². The summed E-state index contributed by atoms with van der Waals surface area (Å²) in [4.78, 5) is 21.9. The molecule has 5 rings (SSSR count). The lowest BCUT2D eigenvalue weighted by Crippen LogP contribution is -2.31. The van der Waals surface area contributed by atoms with Crippen molar-refractivity contribution in [2.24, 2.45) is 0 Å². The summed E-state index contributed by atoms with van der Waals surface area (Å²) in [6, 6.07) is 24.1. The van der Waals surface area contributed by atoms with Gasteiger partial charge in [0.1, 0.15) is 0 Å². The van der Waals surface area contributed by atoms with Crippen molar-refractivity contribution in [2.75, 3.05) is 5.32 Å². The molecule has 0 fully saturated rings. The molecule has 3 aromatic carbocycles. The number of rotatable bonds is 5. The van der Waals surface area contributed by atoms with Gasteiger partial charge in [-0.25, -0.2) is 9.97 Å². The molecule has 0 unspecified atom stereocenters. The second kappa shape index (κ2) is 9.25. The Labute approximate surface area is 193 Å². The van der Waals surface area contributed by atoms with Crippen LogP contribution in [0.5, 0.6) is 0 Å². The minimum absolute atomic E-state index is 0.0524. The number of hydrogen-bond donors (Lipinski definition) is 2. The van der Waals surface area contributed by atoms with E-state index in [1.54, 1.807) is 12.4 Å². The third-order valence-electron chi connectivity index (χ3n) is 6.06. The van der Waals surface area contributed by atoms with Gasteiger partial charge in [0.05, 0.1) is 6.04 Å². The van der Waals surface area contributed by atoms with E-state index in [-0.39, 0.29) is 11.9 Å². The molecule has 0 saturated carbocycles. The monoisotopic (exact) mass is 434 g/mol. The molecule has 5 nitrogen and oxygen atoms in total. The van der Waals surface area contributed by atoms with Crippen LogP contribution < -0.4 is 10.6 Å². The first-order valence-electron chi connectivity index (χ1n) is 11.3. The summed E-state index contributed by atoms with van der Waals surface area (Å²) < 4.78 is 0. The van der Waals surface area contributed by atoms with Gasteiger partial charge in [-0.1, -0.05) is 60.2 Å². The molecular weight excluding hydrogens is 408 g/mol. The fraction of sp³-hybridized carbons (Fsp3) is 0.179. The first kappa shape index (κ1) is 20.9. The lowest BCUT2D eigenvalue weighted by molar-refractivity contribution is 0.0933. The first-order chi connectivity index (χ1) is 16.2. The van der Waals surface area contributed by atoms with E-state index in [1.807, 2.05) is 42.5 Å². The molecule has 1 aromatic heterocycles. The summed E-state index contributed by atoms with van der Waals surface area (Å²) in [5, 5.41) is 6.42. The largest absolute Gasteiger partial charge is 0.345 e.